The molecule has 0 aliphatic rings. The number of unbranched alkanes of at least 4 members (excludes halogenated alkanes) is 27. The van der Waals surface area contributed by atoms with E-state index in [1.54, 1.807) is 6.08 Å². The molecule has 9 heteroatoms. The molecule has 0 rings (SSSR count). The average Bonchev–Trinajstić information content (AvgIpc) is 3.17. The molecule has 0 heterocycles. The van der Waals surface area contributed by atoms with Crippen molar-refractivity contribution in [3.05, 3.63) is 36.5 Å². The molecule has 3 N–H and O–H groups in total. The topological polar surface area (TPSA) is 105 Å². The van der Waals surface area contributed by atoms with Crippen molar-refractivity contribution in [2.75, 3.05) is 40.9 Å². The molecule has 342 valence electrons. The van der Waals surface area contributed by atoms with Gasteiger partial charge in [-0.3, -0.25) is 13.8 Å². The highest BCUT2D eigenvalue weighted by molar-refractivity contribution is 7.47. The van der Waals surface area contributed by atoms with Crippen molar-refractivity contribution in [3.8, 4) is 0 Å². The van der Waals surface area contributed by atoms with Gasteiger partial charge >= 0.3 is 7.82 Å². The summed E-state index contributed by atoms with van der Waals surface area (Å²) < 4.78 is 23.5. The molecule has 0 bridgehead atoms. The van der Waals surface area contributed by atoms with E-state index in [1.807, 2.05) is 27.2 Å². The Bertz CT molecular complexity index is 1040. The molecule has 0 fully saturated rings. The van der Waals surface area contributed by atoms with E-state index in [9.17, 15) is 19.4 Å². The molecule has 8 nitrogen and oxygen atoms in total. The summed E-state index contributed by atoms with van der Waals surface area (Å²) in [5, 5.41) is 13.8. The van der Waals surface area contributed by atoms with Crippen molar-refractivity contribution in [1.29, 1.82) is 0 Å². The Labute approximate surface area is 359 Å². The first-order chi connectivity index (χ1) is 28.0. The van der Waals surface area contributed by atoms with Gasteiger partial charge in [-0.2, -0.15) is 0 Å². The second kappa shape index (κ2) is 41.1. The smallest absolute Gasteiger partial charge is 0.387 e. The van der Waals surface area contributed by atoms with Gasteiger partial charge in [0.05, 0.1) is 39.9 Å². The number of amides is 1. The van der Waals surface area contributed by atoms with E-state index in [0.29, 0.717) is 17.4 Å². The van der Waals surface area contributed by atoms with Crippen LogP contribution in [0.2, 0.25) is 0 Å². The van der Waals surface area contributed by atoms with Crippen LogP contribution in [0.15, 0.2) is 36.5 Å². The summed E-state index contributed by atoms with van der Waals surface area (Å²) in [7, 11) is 1.57. The number of phosphoric acid groups is 1. The molecule has 0 aliphatic carbocycles. The molecule has 1 amide bonds. The first kappa shape index (κ1) is 56.7. The van der Waals surface area contributed by atoms with Crippen LogP contribution in [-0.4, -0.2) is 73.4 Å². The number of rotatable bonds is 44. The summed E-state index contributed by atoms with van der Waals surface area (Å²) in [4.78, 5) is 23.1. The quantitative estimate of drug-likeness (QED) is 0.0244. The third-order valence-corrected chi connectivity index (χ3v) is 11.8. The van der Waals surface area contributed by atoms with Crippen LogP contribution in [0.5, 0.6) is 0 Å². The van der Waals surface area contributed by atoms with Crippen molar-refractivity contribution in [2.24, 2.45) is 0 Å². The van der Waals surface area contributed by atoms with Gasteiger partial charge in [0.25, 0.3) is 0 Å². The van der Waals surface area contributed by atoms with Gasteiger partial charge in [-0.15, -0.1) is 0 Å². The van der Waals surface area contributed by atoms with Gasteiger partial charge in [-0.25, -0.2) is 4.57 Å². The lowest BCUT2D eigenvalue weighted by Crippen LogP contribution is -2.45. The molecule has 0 aromatic carbocycles. The standard InChI is InChI=1S/C49H95N2O6P/c1-6-8-10-12-14-16-17-18-19-20-21-22-23-24-25-26-27-28-29-30-31-32-33-35-37-39-41-43-49(53)50-47(46-57-58(54,55)56-45-44-51(3,4)5)48(52)42-40-38-36-34-15-13-11-9-7-2/h17-18,20-21,40,42,47-48,52H,6-16,19,22-39,41,43-46H2,1-5H3,(H-,50,53,54,55)/p+1/b18-17-,21-20-,42-40+. The fourth-order valence-electron chi connectivity index (χ4n) is 6.95. The monoisotopic (exact) mass is 840 g/mol. The summed E-state index contributed by atoms with van der Waals surface area (Å²) in [6.45, 7) is 4.78. The van der Waals surface area contributed by atoms with E-state index in [4.69, 9.17) is 9.05 Å². The number of allylic oxidation sites excluding steroid dienone is 5. The maximum Gasteiger partial charge on any atom is 0.472 e. The molecule has 0 spiro atoms. The number of hydrogen-bond acceptors (Lipinski definition) is 5. The van der Waals surface area contributed by atoms with Crippen LogP contribution in [0, 0.1) is 0 Å². The summed E-state index contributed by atoms with van der Waals surface area (Å²) >= 11 is 0. The molecule has 0 radical (unpaired) electrons. The van der Waals surface area contributed by atoms with E-state index in [-0.39, 0.29) is 19.1 Å². The number of nitrogens with one attached hydrogen (secondary N) is 1. The molecule has 0 aliphatic heterocycles. The van der Waals surface area contributed by atoms with Crippen LogP contribution in [0.25, 0.3) is 0 Å². The lowest BCUT2D eigenvalue weighted by Gasteiger charge is -2.25. The zero-order chi connectivity index (χ0) is 42.8. The number of nitrogens with zero attached hydrogens (tertiary/aromatic N) is 1. The third-order valence-electron chi connectivity index (χ3n) is 10.9. The second-order valence-corrected chi connectivity index (χ2v) is 19.3. The first-order valence-corrected chi connectivity index (χ1v) is 25.9. The number of aliphatic hydroxyl groups excluding tert-OH is 1. The number of quaternary nitrogens is 1. The molecule has 58 heavy (non-hydrogen) atoms. The summed E-state index contributed by atoms with van der Waals surface area (Å²) in [5.41, 5.74) is 0. The third kappa shape index (κ3) is 42.8. The lowest BCUT2D eigenvalue weighted by molar-refractivity contribution is -0.870. The van der Waals surface area contributed by atoms with E-state index in [1.165, 1.54) is 154 Å². The Morgan fingerprint density at radius 1 is 0.586 bits per heavy atom. The van der Waals surface area contributed by atoms with E-state index >= 15 is 0 Å². The van der Waals surface area contributed by atoms with Crippen molar-refractivity contribution in [1.82, 2.24) is 5.32 Å². The van der Waals surface area contributed by atoms with Crippen LogP contribution >= 0.6 is 7.82 Å². The second-order valence-electron chi connectivity index (χ2n) is 17.8. The predicted molar refractivity (Wildman–Crippen MR) is 249 cm³/mol. The van der Waals surface area contributed by atoms with Gasteiger partial charge < -0.3 is 19.8 Å². The van der Waals surface area contributed by atoms with Crippen molar-refractivity contribution < 1.29 is 32.9 Å². The SMILES string of the molecule is CCCCCCC/C=C\C/C=C\CCCCCCCCCCCCCCCCCC(=O)NC(COP(=O)(O)OCC[N+](C)(C)C)C(O)/C=C/CCCCCCCCC. The van der Waals surface area contributed by atoms with Crippen LogP contribution in [0.3, 0.4) is 0 Å². The number of likely N-dealkylation sites (N-methyl/N-ethyl adjacent to an activating group) is 1. The first-order valence-electron chi connectivity index (χ1n) is 24.4. The van der Waals surface area contributed by atoms with Crippen LogP contribution in [-0.2, 0) is 18.4 Å². The van der Waals surface area contributed by atoms with Gasteiger partial charge in [0, 0.05) is 6.42 Å². The van der Waals surface area contributed by atoms with Crippen molar-refractivity contribution in [3.63, 3.8) is 0 Å². The number of carbonyl (C=O) groups is 1. The van der Waals surface area contributed by atoms with Crippen LogP contribution in [0.4, 0.5) is 0 Å². The highest BCUT2D eigenvalue weighted by Crippen LogP contribution is 2.43. The Morgan fingerprint density at radius 2 is 0.983 bits per heavy atom. The minimum absolute atomic E-state index is 0.0617. The summed E-state index contributed by atoms with van der Waals surface area (Å²) in [6, 6.07) is -0.843. The molecule has 3 atom stereocenters. The Hall–Kier alpha value is -1.28. The maximum atomic E-state index is 12.9. The van der Waals surface area contributed by atoms with Crippen LogP contribution < -0.4 is 5.32 Å². The van der Waals surface area contributed by atoms with Gasteiger partial charge in [-0.05, 0) is 51.4 Å². The lowest BCUT2D eigenvalue weighted by atomic mass is 10.0. The van der Waals surface area contributed by atoms with Gasteiger partial charge in [0.15, 0.2) is 0 Å². The summed E-state index contributed by atoms with van der Waals surface area (Å²) in [5.74, 6) is -0.179. The average molecular weight is 840 g/mol. The minimum atomic E-state index is -4.33. The van der Waals surface area contributed by atoms with Crippen molar-refractivity contribution >= 4 is 13.7 Å². The molecule has 3 unspecified atom stereocenters. The Morgan fingerprint density at radius 3 is 1.41 bits per heavy atom. The molecule has 0 saturated heterocycles. The number of hydrogen-bond donors (Lipinski definition) is 3. The van der Waals surface area contributed by atoms with Crippen molar-refractivity contribution in [2.45, 2.75) is 231 Å². The fourth-order valence-corrected chi connectivity index (χ4v) is 7.69. The van der Waals surface area contributed by atoms with Gasteiger partial charge in [0.1, 0.15) is 13.2 Å². The van der Waals surface area contributed by atoms with Gasteiger partial charge in [0.2, 0.25) is 5.91 Å². The zero-order valence-corrected chi connectivity index (χ0v) is 39.7. The predicted octanol–water partition coefficient (Wildman–Crippen LogP) is 13.9. The zero-order valence-electron chi connectivity index (χ0n) is 38.8. The minimum Gasteiger partial charge on any atom is -0.387 e. The molecule has 0 saturated carbocycles. The number of phosphoric ester groups is 1. The number of carbonyl (C=O) groups excluding carboxylic acids is 1. The highest BCUT2D eigenvalue weighted by Gasteiger charge is 2.27. The van der Waals surface area contributed by atoms with E-state index in [2.05, 4.69) is 43.5 Å². The molecular formula is C49H96N2O6P+. The fraction of sp³-hybridized carbons (Fsp3) is 0.857. The van der Waals surface area contributed by atoms with E-state index < -0.39 is 20.0 Å². The highest BCUT2D eigenvalue weighted by atomic mass is 31.2. The number of aliphatic hydroxyl groups is 1. The maximum absolute atomic E-state index is 12.9. The molecule has 0 aromatic rings. The largest absolute Gasteiger partial charge is 0.472 e. The normalized spacial score (nSPS) is 14.5. The molecular weight excluding hydrogens is 744 g/mol. The van der Waals surface area contributed by atoms with E-state index in [0.717, 1.165) is 44.9 Å². The Kier molecular flexibility index (Phi) is 40.2. The summed E-state index contributed by atoms with van der Waals surface area (Å²) in [6.07, 6.45) is 50.9. The Balaban J connectivity index is 4.08. The molecule has 0 aromatic heterocycles. The van der Waals surface area contributed by atoms with Crippen LogP contribution in [0.1, 0.15) is 219 Å². The van der Waals surface area contributed by atoms with Gasteiger partial charge in [-0.1, -0.05) is 198 Å².